The molecule has 0 unspecified atom stereocenters. The van der Waals surface area contributed by atoms with Crippen LogP contribution < -0.4 is 15.8 Å². The maximum atomic E-state index is 13.9. The molecule has 9 heteroatoms. The molecule has 0 atom stereocenters. The first kappa shape index (κ1) is 20.5. The molecule has 154 valence electrons. The highest BCUT2D eigenvalue weighted by molar-refractivity contribution is 6.05. The summed E-state index contributed by atoms with van der Waals surface area (Å²) in [6.07, 6.45) is 2.43. The Morgan fingerprint density at radius 2 is 1.97 bits per heavy atom. The Morgan fingerprint density at radius 3 is 2.62 bits per heavy atom. The topological polar surface area (TPSA) is 93.5 Å². The first-order chi connectivity index (χ1) is 13.9. The molecule has 1 N–H and O–H groups in total. The van der Waals surface area contributed by atoms with Crippen molar-refractivity contribution in [3.8, 4) is 0 Å². The number of benzene rings is 1. The van der Waals surface area contributed by atoms with Gasteiger partial charge in [0.2, 0.25) is 0 Å². The van der Waals surface area contributed by atoms with Gasteiger partial charge in [0, 0.05) is 20.1 Å². The molecule has 8 nitrogen and oxygen atoms in total. The third-order valence-corrected chi connectivity index (χ3v) is 4.91. The van der Waals surface area contributed by atoms with Gasteiger partial charge in [0.25, 0.3) is 11.5 Å². The number of rotatable bonds is 5. The van der Waals surface area contributed by atoms with Crippen molar-refractivity contribution in [2.24, 2.45) is 13.0 Å². The number of carbonyl (C=O) groups is 2. The lowest BCUT2D eigenvalue weighted by molar-refractivity contribution is -0.148. The molecule has 2 aromatic rings. The number of aryl methyl sites for hydroxylation is 1. The molecule has 1 saturated heterocycles. The van der Waals surface area contributed by atoms with Crippen molar-refractivity contribution in [3.63, 3.8) is 0 Å². The third-order valence-electron chi connectivity index (χ3n) is 4.91. The predicted octanol–water partition coefficient (Wildman–Crippen LogP) is 1.95. The lowest BCUT2D eigenvalue weighted by Gasteiger charge is -2.33. The minimum absolute atomic E-state index is 0.125. The number of amides is 1. The van der Waals surface area contributed by atoms with Crippen LogP contribution in [0.25, 0.3) is 0 Å². The Hall–Kier alpha value is -3.23. The van der Waals surface area contributed by atoms with Crippen LogP contribution in [-0.2, 0) is 16.6 Å². The van der Waals surface area contributed by atoms with Crippen LogP contribution in [0, 0.1) is 11.7 Å². The lowest BCUT2D eigenvalue weighted by atomic mass is 9.96. The van der Waals surface area contributed by atoms with Gasteiger partial charge in [-0.2, -0.15) is 5.10 Å². The van der Waals surface area contributed by atoms with E-state index in [0.29, 0.717) is 32.5 Å². The molecule has 1 aromatic carbocycles. The molecule has 0 radical (unpaired) electrons. The highest BCUT2D eigenvalue weighted by atomic mass is 19.1. The van der Waals surface area contributed by atoms with Crippen molar-refractivity contribution in [2.75, 3.05) is 29.9 Å². The Morgan fingerprint density at radius 1 is 1.28 bits per heavy atom. The Kier molecular flexibility index (Phi) is 6.26. The minimum Gasteiger partial charge on any atom is -0.466 e. The largest absolute Gasteiger partial charge is 0.466 e. The zero-order chi connectivity index (χ0) is 21.0. The summed E-state index contributed by atoms with van der Waals surface area (Å²) in [5.74, 6) is -1.77. The van der Waals surface area contributed by atoms with Crippen LogP contribution in [0.2, 0.25) is 0 Å². The van der Waals surface area contributed by atoms with Crippen LogP contribution in [0.1, 0.15) is 30.1 Å². The van der Waals surface area contributed by atoms with Gasteiger partial charge in [0.15, 0.2) is 0 Å². The van der Waals surface area contributed by atoms with Crippen molar-refractivity contribution >= 4 is 23.3 Å². The van der Waals surface area contributed by atoms with Gasteiger partial charge in [-0.25, -0.2) is 9.07 Å². The Labute approximate surface area is 167 Å². The molecule has 1 aliphatic heterocycles. The average Bonchev–Trinajstić information content (AvgIpc) is 2.71. The monoisotopic (exact) mass is 402 g/mol. The van der Waals surface area contributed by atoms with Gasteiger partial charge in [-0.3, -0.25) is 14.4 Å². The van der Waals surface area contributed by atoms with E-state index >= 15 is 0 Å². The van der Waals surface area contributed by atoms with Crippen molar-refractivity contribution in [1.82, 2.24) is 9.78 Å². The lowest BCUT2D eigenvalue weighted by Crippen LogP contribution is -2.41. The van der Waals surface area contributed by atoms with E-state index in [9.17, 15) is 18.8 Å². The van der Waals surface area contributed by atoms with E-state index in [1.165, 1.54) is 36.1 Å². The fourth-order valence-corrected chi connectivity index (χ4v) is 3.36. The van der Waals surface area contributed by atoms with Crippen molar-refractivity contribution in [3.05, 3.63) is 52.2 Å². The van der Waals surface area contributed by atoms with Gasteiger partial charge in [-0.05, 0) is 31.9 Å². The predicted molar refractivity (Wildman–Crippen MR) is 105 cm³/mol. The summed E-state index contributed by atoms with van der Waals surface area (Å²) in [4.78, 5) is 39.0. The van der Waals surface area contributed by atoms with Gasteiger partial charge < -0.3 is 15.0 Å². The first-order valence-corrected chi connectivity index (χ1v) is 9.46. The minimum atomic E-state index is -0.666. The quantitative estimate of drug-likeness (QED) is 0.769. The van der Waals surface area contributed by atoms with Crippen LogP contribution in [0.5, 0.6) is 0 Å². The SMILES string of the molecule is CCOC(=O)C1CCN(c2c(NC(=O)c3ccccc3F)cnn(C)c2=O)CC1. The molecule has 0 bridgehead atoms. The summed E-state index contributed by atoms with van der Waals surface area (Å²) < 4.78 is 20.2. The Balaban J connectivity index is 1.83. The van der Waals surface area contributed by atoms with Crippen LogP contribution in [0.3, 0.4) is 0 Å². The summed E-state index contributed by atoms with van der Waals surface area (Å²) >= 11 is 0. The second kappa shape index (κ2) is 8.85. The number of nitrogens with zero attached hydrogens (tertiary/aromatic N) is 3. The number of anilines is 2. The number of halogens is 1. The summed E-state index contributed by atoms with van der Waals surface area (Å²) in [6, 6.07) is 5.61. The van der Waals surface area contributed by atoms with E-state index in [0.717, 1.165) is 0 Å². The molecule has 0 spiro atoms. The number of hydrogen-bond acceptors (Lipinski definition) is 6. The standard InChI is InChI=1S/C20H23FN4O4/c1-3-29-20(28)13-8-10-25(11-9-13)17-16(12-22-24(2)19(17)27)23-18(26)14-6-4-5-7-15(14)21/h4-7,12-13H,3,8-11H2,1-2H3,(H,23,26). The second-order valence-electron chi connectivity index (χ2n) is 6.78. The molecule has 29 heavy (non-hydrogen) atoms. The van der Waals surface area contributed by atoms with Crippen molar-refractivity contribution in [1.29, 1.82) is 0 Å². The molecule has 1 aromatic heterocycles. The van der Waals surface area contributed by atoms with Crippen LogP contribution in [0.4, 0.5) is 15.8 Å². The summed E-state index contributed by atoms with van der Waals surface area (Å²) in [5, 5.41) is 6.56. The van der Waals surface area contributed by atoms with Crippen molar-refractivity contribution in [2.45, 2.75) is 19.8 Å². The number of nitrogens with one attached hydrogen (secondary N) is 1. The first-order valence-electron chi connectivity index (χ1n) is 9.46. The number of piperidine rings is 1. The van der Waals surface area contributed by atoms with E-state index in [-0.39, 0.29) is 34.4 Å². The average molecular weight is 402 g/mol. The maximum Gasteiger partial charge on any atom is 0.309 e. The molecule has 2 heterocycles. The number of aromatic nitrogens is 2. The van der Waals surface area contributed by atoms with Crippen LogP contribution in [0.15, 0.2) is 35.3 Å². The van der Waals surface area contributed by atoms with Crippen molar-refractivity contribution < 1.29 is 18.7 Å². The van der Waals surface area contributed by atoms with E-state index in [1.54, 1.807) is 13.0 Å². The van der Waals surface area contributed by atoms with E-state index < -0.39 is 11.7 Å². The van der Waals surface area contributed by atoms with Gasteiger partial charge in [-0.1, -0.05) is 12.1 Å². The summed E-state index contributed by atoms with van der Waals surface area (Å²) in [6.45, 7) is 2.99. The maximum absolute atomic E-state index is 13.9. The molecule has 3 rings (SSSR count). The normalized spacial score (nSPS) is 14.5. The van der Waals surface area contributed by atoms with E-state index in [2.05, 4.69) is 10.4 Å². The van der Waals surface area contributed by atoms with Gasteiger partial charge in [-0.15, -0.1) is 0 Å². The molecule has 1 fully saturated rings. The molecular formula is C20H23FN4O4. The zero-order valence-electron chi connectivity index (χ0n) is 16.4. The fraction of sp³-hybridized carbons (Fsp3) is 0.400. The second-order valence-corrected chi connectivity index (χ2v) is 6.78. The third kappa shape index (κ3) is 4.44. The van der Waals surface area contributed by atoms with Gasteiger partial charge in [0.1, 0.15) is 11.5 Å². The zero-order valence-corrected chi connectivity index (χ0v) is 16.4. The number of esters is 1. The molecule has 0 aliphatic carbocycles. The molecule has 0 saturated carbocycles. The van der Waals surface area contributed by atoms with E-state index in [4.69, 9.17) is 4.74 Å². The summed E-state index contributed by atoms with van der Waals surface area (Å²) in [5.41, 5.74) is -0.0310. The highest BCUT2D eigenvalue weighted by Crippen LogP contribution is 2.27. The molecule has 1 amide bonds. The van der Waals surface area contributed by atoms with Gasteiger partial charge >= 0.3 is 5.97 Å². The molecular weight excluding hydrogens is 379 g/mol. The van der Waals surface area contributed by atoms with Crippen LogP contribution >= 0.6 is 0 Å². The number of ether oxygens (including phenoxy) is 1. The summed E-state index contributed by atoms with van der Waals surface area (Å²) in [7, 11) is 1.51. The van der Waals surface area contributed by atoms with Crippen LogP contribution in [-0.4, -0.2) is 41.4 Å². The van der Waals surface area contributed by atoms with Gasteiger partial charge in [0.05, 0.1) is 30.0 Å². The highest BCUT2D eigenvalue weighted by Gasteiger charge is 2.29. The number of carbonyl (C=O) groups excluding carboxylic acids is 2. The van der Waals surface area contributed by atoms with E-state index in [1.807, 2.05) is 4.90 Å². The fourth-order valence-electron chi connectivity index (χ4n) is 3.36. The smallest absolute Gasteiger partial charge is 0.309 e. The molecule has 1 aliphatic rings. The number of hydrogen-bond donors (Lipinski definition) is 1. The Bertz CT molecular complexity index is 967.